The van der Waals surface area contributed by atoms with Gasteiger partial charge in [0, 0.05) is 6.04 Å². The first-order valence-electron chi connectivity index (χ1n) is 8.41. The van der Waals surface area contributed by atoms with Gasteiger partial charge in [-0.1, -0.05) is 64.4 Å². The average Bonchev–Trinajstić information content (AvgIpc) is 2.47. The smallest absolute Gasteiger partial charge is 0.123 e. The van der Waals surface area contributed by atoms with E-state index in [-0.39, 0.29) is 11.9 Å². The van der Waals surface area contributed by atoms with Crippen molar-refractivity contribution in [2.45, 2.75) is 77.7 Å². The number of hydrazine groups is 1. The summed E-state index contributed by atoms with van der Waals surface area (Å²) in [6.07, 6.45) is 11.5. The molecule has 1 atom stereocenters. The topological polar surface area (TPSA) is 38.0 Å². The molecule has 1 aromatic carbocycles. The van der Waals surface area contributed by atoms with Crippen molar-refractivity contribution in [1.29, 1.82) is 0 Å². The van der Waals surface area contributed by atoms with Crippen molar-refractivity contribution in [1.82, 2.24) is 5.43 Å². The highest BCUT2D eigenvalue weighted by atomic mass is 19.1. The lowest BCUT2D eigenvalue weighted by molar-refractivity contribution is 0.472. The number of hydrogen-bond donors (Lipinski definition) is 2. The van der Waals surface area contributed by atoms with Gasteiger partial charge in [0.05, 0.1) is 0 Å². The molecule has 1 unspecified atom stereocenters. The second-order valence-corrected chi connectivity index (χ2v) is 5.98. The van der Waals surface area contributed by atoms with Gasteiger partial charge in [-0.2, -0.15) is 0 Å². The summed E-state index contributed by atoms with van der Waals surface area (Å²) in [7, 11) is 0. The monoisotopic (exact) mass is 294 g/mol. The Morgan fingerprint density at radius 2 is 1.67 bits per heavy atom. The van der Waals surface area contributed by atoms with Crippen LogP contribution in [0.15, 0.2) is 18.2 Å². The number of nitrogens with one attached hydrogen (secondary N) is 1. The molecule has 0 fully saturated rings. The standard InChI is InChI=1S/C18H31FN2/c1-3-4-5-6-7-8-9-10-11-18(21-20)17-13-12-16(19)14-15(17)2/h12-14,18,21H,3-11,20H2,1-2H3. The number of aryl methyl sites for hydroxylation is 1. The van der Waals surface area contributed by atoms with Crippen LogP contribution in [-0.4, -0.2) is 0 Å². The molecule has 0 aliphatic heterocycles. The second kappa shape index (κ2) is 10.7. The predicted octanol–water partition coefficient (Wildman–Crippen LogP) is 5.17. The molecule has 120 valence electrons. The van der Waals surface area contributed by atoms with E-state index in [9.17, 15) is 4.39 Å². The molecule has 0 saturated heterocycles. The molecule has 21 heavy (non-hydrogen) atoms. The number of unbranched alkanes of at least 4 members (excludes halogenated alkanes) is 7. The van der Waals surface area contributed by atoms with Crippen molar-refractivity contribution in [3.63, 3.8) is 0 Å². The van der Waals surface area contributed by atoms with E-state index in [0.29, 0.717) is 0 Å². The maximum Gasteiger partial charge on any atom is 0.123 e. The molecule has 3 N–H and O–H groups in total. The largest absolute Gasteiger partial charge is 0.271 e. The first-order chi connectivity index (χ1) is 10.2. The molecule has 1 rings (SSSR count). The van der Waals surface area contributed by atoms with Crippen LogP contribution in [0.4, 0.5) is 4.39 Å². The van der Waals surface area contributed by atoms with Gasteiger partial charge >= 0.3 is 0 Å². The Morgan fingerprint density at radius 1 is 1.05 bits per heavy atom. The number of benzene rings is 1. The molecule has 0 radical (unpaired) electrons. The summed E-state index contributed by atoms with van der Waals surface area (Å²) in [4.78, 5) is 0. The molecule has 0 aromatic heterocycles. The lowest BCUT2D eigenvalue weighted by atomic mass is 9.96. The number of hydrogen-bond acceptors (Lipinski definition) is 2. The Balaban J connectivity index is 2.25. The van der Waals surface area contributed by atoms with Gasteiger partial charge in [-0.3, -0.25) is 11.3 Å². The Labute approximate surface area is 129 Å². The SMILES string of the molecule is CCCCCCCCCCC(NN)c1ccc(F)cc1C. The zero-order chi connectivity index (χ0) is 15.5. The molecule has 0 aliphatic rings. The first kappa shape index (κ1) is 18.1. The molecule has 0 amide bonds. The van der Waals surface area contributed by atoms with Crippen molar-refractivity contribution < 1.29 is 4.39 Å². The summed E-state index contributed by atoms with van der Waals surface area (Å²) >= 11 is 0. The minimum atomic E-state index is -0.181. The van der Waals surface area contributed by atoms with E-state index < -0.39 is 0 Å². The van der Waals surface area contributed by atoms with Crippen molar-refractivity contribution in [2.24, 2.45) is 5.84 Å². The number of halogens is 1. The summed E-state index contributed by atoms with van der Waals surface area (Å²) in [5.74, 6) is 5.48. The van der Waals surface area contributed by atoms with Crippen molar-refractivity contribution in [2.75, 3.05) is 0 Å². The predicted molar refractivity (Wildman–Crippen MR) is 88.4 cm³/mol. The van der Waals surface area contributed by atoms with Crippen LogP contribution in [0.3, 0.4) is 0 Å². The van der Waals surface area contributed by atoms with Crippen LogP contribution in [0, 0.1) is 12.7 Å². The zero-order valence-electron chi connectivity index (χ0n) is 13.6. The number of rotatable bonds is 11. The van der Waals surface area contributed by atoms with E-state index in [1.165, 1.54) is 57.4 Å². The van der Waals surface area contributed by atoms with Gasteiger partial charge in [-0.15, -0.1) is 0 Å². The maximum absolute atomic E-state index is 13.1. The van der Waals surface area contributed by atoms with Gasteiger partial charge in [0.1, 0.15) is 5.82 Å². The zero-order valence-corrected chi connectivity index (χ0v) is 13.6. The Hall–Kier alpha value is -0.930. The van der Waals surface area contributed by atoms with Crippen LogP contribution < -0.4 is 11.3 Å². The Morgan fingerprint density at radius 3 is 2.24 bits per heavy atom. The van der Waals surface area contributed by atoms with Gasteiger partial charge in [0.15, 0.2) is 0 Å². The van der Waals surface area contributed by atoms with E-state index in [0.717, 1.165) is 17.5 Å². The third-order valence-electron chi connectivity index (χ3n) is 4.15. The first-order valence-corrected chi connectivity index (χ1v) is 8.41. The average molecular weight is 294 g/mol. The van der Waals surface area contributed by atoms with E-state index in [1.807, 2.05) is 13.0 Å². The molecule has 0 spiro atoms. The quantitative estimate of drug-likeness (QED) is 0.336. The summed E-state index contributed by atoms with van der Waals surface area (Å²) in [5.41, 5.74) is 4.96. The van der Waals surface area contributed by atoms with Crippen molar-refractivity contribution >= 4 is 0 Å². The summed E-state index contributed by atoms with van der Waals surface area (Å²) < 4.78 is 13.1. The Kier molecular flexibility index (Phi) is 9.27. The molecule has 0 aliphatic carbocycles. The van der Waals surface area contributed by atoms with Gasteiger partial charge in [-0.05, 0) is 36.6 Å². The highest BCUT2D eigenvalue weighted by Crippen LogP contribution is 2.23. The van der Waals surface area contributed by atoms with E-state index in [2.05, 4.69) is 12.3 Å². The summed E-state index contributed by atoms with van der Waals surface area (Å²) in [6.45, 7) is 4.19. The minimum Gasteiger partial charge on any atom is -0.271 e. The molecular weight excluding hydrogens is 263 g/mol. The van der Waals surface area contributed by atoms with Gasteiger partial charge in [0.25, 0.3) is 0 Å². The Bertz CT molecular complexity index is 393. The van der Waals surface area contributed by atoms with E-state index in [4.69, 9.17) is 5.84 Å². The molecule has 0 bridgehead atoms. The van der Waals surface area contributed by atoms with Gasteiger partial charge in [-0.25, -0.2) is 4.39 Å². The van der Waals surface area contributed by atoms with Crippen LogP contribution in [0.1, 0.15) is 81.9 Å². The number of nitrogens with two attached hydrogens (primary N) is 1. The lowest BCUT2D eigenvalue weighted by Crippen LogP contribution is -2.28. The highest BCUT2D eigenvalue weighted by molar-refractivity contribution is 5.29. The van der Waals surface area contributed by atoms with Crippen LogP contribution >= 0.6 is 0 Å². The molecule has 0 saturated carbocycles. The molecular formula is C18H31FN2. The van der Waals surface area contributed by atoms with Crippen LogP contribution in [0.5, 0.6) is 0 Å². The normalized spacial score (nSPS) is 12.6. The molecule has 1 aromatic rings. The molecule has 2 nitrogen and oxygen atoms in total. The van der Waals surface area contributed by atoms with Crippen molar-refractivity contribution in [3.05, 3.63) is 35.1 Å². The van der Waals surface area contributed by atoms with E-state index >= 15 is 0 Å². The van der Waals surface area contributed by atoms with Crippen LogP contribution in [0.25, 0.3) is 0 Å². The summed E-state index contributed by atoms with van der Waals surface area (Å²) in [5, 5.41) is 0. The fourth-order valence-corrected chi connectivity index (χ4v) is 2.84. The summed E-state index contributed by atoms with van der Waals surface area (Å²) in [6, 6.07) is 5.07. The minimum absolute atomic E-state index is 0.130. The highest BCUT2D eigenvalue weighted by Gasteiger charge is 2.12. The lowest BCUT2D eigenvalue weighted by Gasteiger charge is -2.18. The fraction of sp³-hybridized carbons (Fsp3) is 0.667. The van der Waals surface area contributed by atoms with Crippen LogP contribution in [0.2, 0.25) is 0 Å². The van der Waals surface area contributed by atoms with Crippen LogP contribution in [-0.2, 0) is 0 Å². The maximum atomic E-state index is 13.1. The third kappa shape index (κ3) is 7.05. The second-order valence-electron chi connectivity index (χ2n) is 5.98. The third-order valence-corrected chi connectivity index (χ3v) is 4.15. The van der Waals surface area contributed by atoms with E-state index in [1.54, 1.807) is 6.07 Å². The molecule has 0 heterocycles. The van der Waals surface area contributed by atoms with Gasteiger partial charge < -0.3 is 0 Å². The van der Waals surface area contributed by atoms with Gasteiger partial charge in [0.2, 0.25) is 0 Å². The fourth-order valence-electron chi connectivity index (χ4n) is 2.84. The molecule has 3 heteroatoms. The van der Waals surface area contributed by atoms with Crippen molar-refractivity contribution in [3.8, 4) is 0 Å².